The van der Waals surface area contributed by atoms with Crippen LogP contribution in [-0.4, -0.2) is 59.4 Å². The third kappa shape index (κ3) is 3.04. The van der Waals surface area contributed by atoms with Crippen LogP contribution in [0.3, 0.4) is 0 Å². The van der Waals surface area contributed by atoms with Crippen LogP contribution in [0.2, 0.25) is 0 Å². The molecule has 0 aromatic rings. The van der Waals surface area contributed by atoms with Gasteiger partial charge < -0.3 is 15.5 Å². The summed E-state index contributed by atoms with van der Waals surface area (Å²) >= 11 is 0. The van der Waals surface area contributed by atoms with Crippen molar-refractivity contribution in [2.24, 2.45) is 5.73 Å². The van der Waals surface area contributed by atoms with Crippen molar-refractivity contribution in [3.05, 3.63) is 0 Å². The van der Waals surface area contributed by atoms with Crippen LogP contribution in [0.15, 0.2) is 0 Å². The maximum atomic E-state index is 12.3. The molecule has 2 fully saturated rings. The molecule has 2 heterocycles. The number of rotatable bonds is 3. The summed E-state index contributed by atoms with van der Waals surface area (Å²) in [6.07, 6.45) is 2.92. The zero-order valence-corrected chi connectivity index (χ0v) is 11.1. The molecule has 2 rings (SSSR count). The van der Waals surface area contributed by atoms with Gasteiger partial charge >= 0.3 is 6.03 Å². The number of imide groups is 1. The molecule has 4 amide bonds. The molecular weight excluding hydrogens is 248 g/mol. The number of carbonyl (C=O) groups is 3. The van der Waals surface area contributed by atoms with E-state index in [9.17, 15) is 14.4 Å². The van der Waals surface area contributed by atoms with Gasteiger partial charge in [0.2, 0.25) is 11.8 Å². The minimum Gasteiger partial charge on any atom is -0.337 e. The van der Waals surface area contributed by atoms with Gasteiger partial charge in [0.1, 0.15) is 13.1 Å². The molecule has 2 aliphatic rings. The summed E-state index contributed by atoms with van der Waals surface area (Å²) in [4.78, 5) is 37.7. The van der Waals surface area contributed by atoms with Crippen molar-refractivity contribution < 1.29 is 14.4 Å². The third-order valence-corrected chi connectivity index (χ3v) is 3.67. The molecule has 0 spiro atoms. The highest BCUT2D eigenvalue weighted by Crippen LogP contribution is 2.19. The summed E-state index contributed by atoms with van der Waals surface area (Å²) in [7, 11) is 0. The van der Waals surface area contributed by atoms with Gasteiger partial charge in [0.05, 0.1) is 0 Å². The van der Waals surface area contributed by atoms with E-state index in [4.69, 9.17) is 5.73 Å². The predicted molar refractivity (Wildman–Crippen MR) is 68.1 cm³/mol. The highest BCUT2D eigenvalue weighted by molar-refractivity contribution is 6.03. The summed E-state index contributed by atoms with van der Waals surface area (Å²) in [5.41, 5.74) is 5.91. The molecule has 7 nitrogen and oxygen atoms in total. The zero-order valence-electron chi connectivity index (χ0n) is 11.1. The standard InChI is InChI=1S/C12H20N4O3/c1-8(13)9-4-2-3-5-16(9)11(18)7-15-6-10(17)14-12(15)19/h8-9H,2-7,13H2,1H3,(H,14,17,19)/t8-,9+/m0/s1. The van der Waals surface area contributed by atoms with E-state index in [1.54, 1.807) is 4.90 Å². The topological polar surface area (TPSA) is 95.7 Å². The quantitative estimate of drug-likeness (QED) is 0.659. The van der Waals surface area contributed by atoms with Gasteiger partial charge in [-0.15, -0.1) is 0 Å². The molecule has 0 bridgehead atoms. The van der Waals surface area contributed by atoms with E-state index in [1.807, 2.05) is 6.92 Å². The van der Waals surface area contributed by atoms with Crippen LogP contribution in [0, 0.1) is 0 Å². The van der Waals surface area contributed by atoms with E-state index >= 15 is 0 Å². The molecule has 3 N–H and O–H groups in total. The van der Waals surface area contributed by atoms with Crippen molar-refractivity contribution in [2.75, 3.05) is 19.6 Å². The molecule has 2 saturated heterocycles. The van der Waals surface area contributed by atoms with Gasteiger partial charge in [0, 0.05) is 18.6 Å². The van der Waals surface area contributed by atoms with Gasteiger partial charge in [0.15, 0.2) is 0 Å². The van der Waals surface area contributed by atoms with Crippen LogP contribution >= 0.6 is 0 Å². The van der Waals surface area contributed by atoms with Crippen LogP contribution in [0.25, 0.3) is 0 Å². The lowest BCUT2D eigenvalue weighted by atomic mass is 9.97. The summed E-state index contributed by atoms with van der Waals surface area (Å²) < 4.78 is 0. The average molecular weight is 268 g/mol. The lowest BCUT2D eigenvalue weighted by Crippen LogP contribution is -2.54. The van der Waals surface area contributed by atoms with Crippen molar-refractivity contribution in [3.63, 3.8) is 0 Å². The molecule has 0 radical (unpaired) electrons. The summed E-state index contributed by atoms with van der Waals surface area (Å²) in [5.74, 6) is -0.493. The van der Waals surface area contributed by atoms with Gasteiger partial charge in [-0.3, -0.25) is 14.9 Å². The number of nitrogens with one attached hydrogen (secondary N) is 1. The van der Waals surface area contributed by atoms with Crippen LogP contribution in [0.5, 0.6) is 0 Å². The van der Waals surface area contributed by atoms with E-state index < -0.39 is 6.03 Å². The molecule has 106 valence electrons. The number of amides is 4. The molecule has 0 unspecified atom stereocenters. The molecule has 2 aliphatic heterocycles. The second kappa shape index (κ2) is 5.56. The predicted octanol–water partition coefficient (Wildman–Crippen LogP) is -0.733. The van der Waals surface area contributed by atoms with E-state index in [2.05, 4.69) is 5.32 Å². The van der Waals surface area contributed by atoms with E-state index in [1.165, 1.54) is 4.90 Å². The first-order valence-corrected chi connectivity index (χ1v) is 6.63. The van der Waals surface area contributed by atoms with Gasteiger partial charge in [-0.1, -0.05) is 0 Å². The number of piperidine rings is 1. The van der Waals surface area contributed by atoms with Crippen molar-refractivity contribution in [1.29, 1.82) is 0 Å². The maximum Gasteiger partial charge on any atom is 0.325 e. The fourth-order valence-corrected chi connectivity index (χ4v) is 2.68. The van der Waals surface area contributed by atoms with E-state index in [-0.39, 0.29) is 37.0 Å². The van der Waals surface area contributed by atoms with Gasteiger partial charge in [0.25, 0.3) is 0 Å². The highest BCUT2D eigenvalue weighted by atomic mass is 16.2. The third-order valence-electron chi connectivity index (χ3n) is 3.67. The number of hydrogen-bond acceptors (Lipinski definition) is 4. The van der Waals surface area contributed by atoms with E-state index in [0.717, 1.165) is 19.3 Å². The van der Waals surface area contributed by atoms with Gasteiger partial charge in [-0.2, -0.15) is 0 Å². The minimum absolute atomic E-state index is 0.0302. The fraction of sp³-hybridized carbons (Fsp3) is 0.750. The average Bonchev–Trinajstić information content (AvgIpc) is 2.67. The molecule has 0 aliphatic carbocycles. The molecule has 2 atom stereocenters. The first-order chi connectivity index (χ1) is 8.99. The summed E-state index contributed by atoms with van der Waals surface area (Å²) in [6.45, 7) is 2.47. The second-order valence-corrected chi connectivity index (χ2v) is 5.22. The summed E-state index contributed by atoms with van der Waals surface area (Å²) in [5, 5.41) is 2.16. The lowest BCUT2D eigenvalue weighted by Gasteiger charge is -2.38. The van der Waals surface area contributed by atoms with Crippen LogP contribution in [-0.2, 0) is 9.59 Å². The van der Waals surface area contributed by atoms with Gasteiger partial charge in [-0.05, 0) is 26.2 Å². The Bertz CT molecular complexity index is 396. The smallest absolute Gasteiger partial charge is 0.325 e. The Labute approximate surface area is 112 Å². The number of hydrogen-bond donors (Lipinski definition) is 2. The Kier molecular flexibility index (Phi) is 4.04. The van der Waals surface area contributed by atoms with Crippen LogP contribution in [0.4, 0.5) is 4.79 Å². The van der Waals surface area contributed by atoms with Crippen molar-refractivity contribution in [1.82, 2.24) is 15.1 Å². The van der Waals surface area contributed by atoms with Gasteiger partial charge in [-0.25, -0.2) is 4.79 Å². The molecule has 0 saturated carbocycles. The number of nitrogens with two attached hydrogens (primary N) is 1. The molecule has 7 heteroatoms. The minimum atomic E-state index is -0.493. The number of nitrogens with zero attached hydrogens (tertiary/aromatic N) is 2. The number of urea groups is 1. The first kappa shape index (κ1) is 13.8. The second-order valence-electron chi connectivity index (χ2n) is 5.22. The Morgan fingerprint density at radius 3 is 2.79 bits per heavy atom. The fourth-order valence-electron chi connectivity index (χ4n) is 2.68. The van der Waals surface area contributed by atoms with E-state index in [0.29, 0.717) is 6.54 Å². The summed E-state index contributed by atoms with van der Waals surface area (Å²) in [6, 6.07) is -0.548. The normalized spacial score (nSPS) is 25.5. The van der Waals surface area contributed by atoms with Crippen LogP contribution < -0.4 is 11.1 Å². The zero-order chi connectivity index (χ0) is 14.0. The number of likely N-dealkylation sites (tertiary alicyclic amines) is 1. The Morgan fingerprint density at radius 2 is 2.21 bits per heavy atom. The maximum absolute atomic E-state index is 12.3. The molecule has 19 heavy (non-hydrogen) atoms. The number of carbonyl (C=O) groups excluding carboxylic acids is 3. The molecule has 0 aromatic carbocycles. The monoisotopic (exact) mass is 268 g/mol. The molecular formula is C12H20N4O3. The van der Waals surface area contributed by atoms with Crippen molar-refractivity contribution in [3.8, 4) is 0 Å². The Balaban J connectivity index is 1.98. The lowest BCUT2D eigenvalue weighted by molar-refractivity contribution is -0.135. The highest BCUT2D eigenvalue weighted by Gasteiger charge is 2.33. The SMILES string of the molecule is C[C@H](N)[C@H]1CCCCN1C(=O)CN1CC(=O)NC1=O. The Morgan fingerprint density at radius 1 is 1.47 bits per heavy atom. The Hall–Kier alpha value is -1.63. The molecule has 0 aromatic heterocycles. The first-order valence-electron chi connectivity index (χ1n) is 6.63. The van der Waals surface area contributed by atoms with Crippen molar-refractivity contribution in [2.45, 2.75) is 38.3 Å². The largest absolute Gasteiger partial charge is 0.337 e. The van der Waals surface area contributed by atoms with Crippen molar-refractivity contribution >= 4 is 17.8 Å². The van der Waals surface area contributed by atoms with Crippen LogP contribution in [0.1, 0.15) is 26.2 Å².